The van der Waals surface area contributed by atoms with Gasteiger partial charge in [0.15, 0.2) is 0 Å². The fourth-order valence-corrected chi connectivity index (χ4v) is 4.54. The van der Waals surface area contributed by atoms with Gasteiger partial charge in [0, 0.05) is 29.6 Å². The SMILES string of the molecule is CC(C)c1ncc2c(=O)[nH]c3cc(C(=O)N4CCc5c(Cl)cccc5C4)ccc3n12. The molecule has 30 heavy (non-hydrogen) atoms. The van der Waals surface area contributed by atoms with Gasteiger partial charge in [0.25, 0.3) is 11.5 Å². The van der Waals surface area contributed by atoms with Gasteiger partial charge in [-0.3, -0.25) is 14.0 Å². The lowest BCUT2D eigenvalue weighted by Gasteiger charge is -2.29. The molecule has 1 N–H and O–H groups in total. The molecule has 6 nitrogen and oxygen atoms in total. The number of aromatic amines is 1. The lowest BCUT2D eigenvalue weighted by molar-refractivity contribution is 0.0735. The van der Waals surface area contributed by atoms with Crippen molar-refractivity contribution in [2.24, 2.45) is 0 Å². The smallest absolute Gasteiger partial charge is 0.274 e. The van der Waals surface area contributed by atoms with E-state index in [-0.39, 0.29) is 17.4 Å². The fourth-order valence-electron chi connectivity index (χ4n) is 4.26. The number of fused-ring (bicyclic) bond motifs is 4. The molecule has 4 aromatic rings. The summed E-state index contributed by atoms with van der Waals surface area (Å²) in [5, 5.41) is 0.758. The summed E-state index contributed by atoms with van der Waals surface area (Å²) in [6.45, 7) is 5.23. The molecule has 1 aliphatic heterocycles. The highest BCUT2D eigenvalue weighted by Crippen LogP contribution is 2.27. The molecule has 0 atom stereocenters. The van der Waals surface area contributed by atoms with E-state index in [0.717, 1.165) is 33.9 Å². The maximum absolute atomic E-state index is 13.2. The number of imidazole rings is 1. The Morgan fingerprint density at radius 2 is 2.03 bits per heavy atom. The Morgan fingerprint density at radius 3 is 2.83 bits per heavy atom. The topological polar surface area (TPSA) is 70.5 Å². The Kier molecular flexibility index (Phi) is 4.40. The highest BCUT2D eigenvalue weighted by molar-refractivity contribution is 6.31. The first-order chi connectivity index (χ1) is 14.4. The van der Waals surface area contributed by atoms with Gasteiger partial charge in [-0.15, -0.1) is 0 Å². The number of carbonyl (C=O) groups excluding carboxylic acids is 1. The average molecular weight is 421 g/mol. The molecule has 0 saturated heterocycles. The third-order valence-electron chi connectivity index (χ3n) is 5.77. The minimum atomic E-state index is -0.215. The second kappa shape index (κ2) is 6.99. The van der Waals surface area contributed by atoms with Crippen molar-refractivity contribution in [2.45, 2.75) is 32.7 Å². The van der Waals surface area contributed by atoms with Crippen molar-refractivity contribution >= 4 is 34.1 Å². The van der Waals surface area contributed by atoms with Gasteiger partial charge in [-0.05, 0) is 41.8 Å². The van der Waals surface area contributed by atoms with E-state index in [9.17, 15) is 9.59 Å². The van der Waals surface area contributed by atoms with Crippen molar-refractivity contribution in [3.63, 3.8) is 0 Å². The molecule has 1 amide bonds. The minimum Gasteiger partial charge on any atom is -0.334 e. The van der Waals surface area contributed by atoms with Gasteiger partial charge in [0.1, 0.15) is 11.3 Å². The van der Waals surface area contributed by atoms with Crippen LogP contribution in [0.2, 0.25) is 5.02 Å². The van der Waals surface area contributed by atoms with Crippen molar-refractivity contribution in [1.82, 2.24) is 19.3 Å². The number of halogens is 1. The molecule has 1 aliphatic rings. The number of H-pyrrole nitrogens is 1. The van der Waals surface area contributed by atoms with Gasteiger partial charge in [0.2, 0.25) is 0 Å². The van der Waals surface area contributed by atoms with Crippen LogP contribution in [0.3, 0.4) is 0 Å². The highest BCUT2D eigenvalue weighted by Gasteiger charge is 2.23. The number of hydrogen-bond donors (Lipinski definition) is 1. The fraction of sp³-hybridized carbons (Fsp3) is 0.261. The van der Waals surface area contributed by atoms with Gasteiger partial charge in [-0.2, -0.15) is 0 Å². The number of aromatic nitrogens is 3. The van der Waals surface area contributed by atoms with Crippen molar-refractivity contribution in [2.75, 3.05) is 6.54 Å². The van der Waals surface area contributed by atoms with Crippen molar-refractivity contribution in [1.29, 1.82) is 0 Å². The summed E-state index contributed by atoms with van der Waals surface area (Å²) >= 11 is 6.30. The number of amides is 1. The number of rotatable bonds is 2. The second-order valence-electron chi connectivity index (χ2n) is 8.03. The third-order valence-corrected chi connectivity index (χ3v) is 6.12. The third kappa shape index (κ3) is 2.91. The number of hydrogen-bond acceptors (Lipinski definition) is 3. The van der Waals surface area contributed by atoms with E-state index in [1.165, 1.54) is 0 Å². The predicted octanol–water partition coefficient (Wildman–Crippen LogP) is 4.15. The van der Waals surface area contributed by atoms with Crippen LogP contribution in [0.5, 0.6) is 0 Å². The van der Waals surface area contributed by atoms with Gasteiger partial charge >= 0.3 is 0 Å². The zero-order valence-corrected chi connectivity index (χ0v) is 17.5. The Bertz CT molecular complexity index is 1370. The Morgan fingerprint density at radius 1 is 1.20 bits per heavy atom. The first-order valence-corrected chi connectivity index (χ1v) is 10.4. The maximum atomic E-state index is 13.2. The molecule has 152 valence electrons. The number of carbonyl (C=O) groups is 1. The second-order valence-corrected chi connectivity index (χ2v) is 8.44. The van der Waals surface area contributed by atoms with Crippen LogP contribution >= 0.6 is 11.6 Å². The molecule has 2 aromatic heterocycles. The summed E-state index contributed by atoms with van der Waals surface area (Å²) in [7, 11) is 0. The largest absolute Gasteiger partial charge is 0.334 e. The summed E-state index contributed by atoms with van der Waals surface area (Å²) in [4.78, 5) is 34.9. The number of nitrogens with zero attached hydrogens (tertiary/aromatic N) is 3. The molecule has 0 unspecified atom stereocenters. The Balaban J connectivity index is 1.55. The highest BCUT2D eigenvalue weighted by atomic mass is 35.5. The molecule has 0 bridgehead atoms. The van der Waals surface area contributed by atoms with E-state index < -0.39 is 0 Å². The van der Waals surface area contributed by atoms with Gasteiger partial charge in [-0.1, -0.05) is 37.6 Å². The molecule has 5 rings (SSSR count). The van der Waals surface area contributed by atoms with E-state index in [1.807, 2.05) is 53.5 Å². The molecular weight excluding hydrogens is 400 g/mol. The van der Waals surface area contributed by atoms with Crippen molar-refractivity contribution in [3.05, 3.63) is 80.5 Å². The zero-order chi connectivity index (χ0) is 21.0. The van der Waals surface area contributed by atoms with Crippen molar-refractivity contribution in [3.8, 4) is 0 Å². The molecule has 3 heterocycles. The number of benzene rings is 2. The van der Waals surface area contributed by atoms with Crippen LogP contribution in [0.25, 0.3) is 16.6 Å². The van der Waals surface area contributed by atoms with E-state index >= 15 is 0 Å². The molecule has 0 fully saturated rings. The number of nitrogens with one attached hydrogen (secondary N) is 1. The summed E-state index contributed by atoms with van der Waals surface area (Å²) in [6.07, 6.45) is 2.33. The van der Waals surface area contributed by atoms with Crippen LogP contribution in [0, 0.1) is 0 Å². The lowest BCUT2D eigenvalue weighted by Crippen LogP contribution is -2.36. The Labute approximate surface area is 178 Å². The van der Waals surface area contributed by atoms with Gasteiger partial charge in [-0.25, -0.2) is 4.98 Å². The summed E-state index contributed by atoms with van der Waals surface area (Å²) in [6, 6.07) is 11.3. The quantitative estimate of drug-likeness (QED) is 0.529. The van der Waals surface area contributed by atoms with E-state index in [4.69, 9.17) is 11.6 Å². The van der Waals surface area contributed by atoms with Crippen LogP contribution in [0.4, 0.5) is 0 Å². The van der Waals surface area contributed by atoms with E-state index in [0.29, 0.717) is 29.7 Å². The standard InChI is InChI=1S/C23H21ClN4O2/c1-13(2)21-25-11-20-22(29)26-18-10-14(6-7-19(18)28(20)21)23(30)27-9-8-16-15(12-27)4-3-5-17(16)24/h3-7,10-11,13H,8-9,12H2,1-2H3,(H,26,29). The molecule has 0 aliphatic carbocycles. The molecule has 0 radical (unpaired) electrons. The van der Waals surface area contributed by atoms with Crippen LogP contribution < -0.4 is 5.56 Å². The molecular formula is C23H21ClN4O2. The monoisotopic (exact) mass is 420 g/mol. The Hall–Kier alpha value is -3.12. The normalized spacial score (nSPS) is 13.9. The zero-order valence-electron chi connectivity index (χ0n) is 16.8. The molecule has 0 saturated carbocycles. The summed E-state index contributed by atoms with van der Waals surface area (Å²) in [5.74, 6) is 0.932. The van der Waals surface area contributed by atoms with E-state index in [2.05, 4.69) is 9.97 Å². The van der Waals surface area contributed by atoms with Gasteiger partial charge in [0.05, 0.1) is 17.2 Å². The first-order valence-electron chi connectivity index (χ1n) is 10.0. The average Bonchev–Trinajstić information content (AvgIpc) is 3.19. The minimum absolute atomic E-state index is 0.0572. The summed E-state index contributed by atoms with van der Waals surface area (Å²) < 4.78 is 1.88. The molecule has 0 spiro atoms. The van der Waals surface area contributed by atoms with Crippen LogP contribution in [0.15, 0.2) is 47.4 Å². The van der Waals surface area contributed by atoms with E-state index in [1.54, 1.807) is 12.3 Å². The van der Waals surface area contributed by atoms with Crippen LogP contribution in [-0.2, 0) is 13.0 Å². The first kappa shape index (κ1) is 18.9. The molecule has 2 aromatic carbocycles. The van der Waals surface area contributed by atoms with Crippen LogP contribution in [0.1, 0.15) is 47.1 Å². The lowest BCUT2D eigenvalue weighted by atomic mass is 9.99. The predicted molar refractivity (Wildman–Crippen MR) is 117 cm³/mol. The van der Waals surface area contributed by atoms with Crippen molar-refractivity contribution < 1.29 is 4.79 Å². The molecule has 7 heteroatoms. The van der Waals surface area contributed by atoms with Gasteiger partial charge < -0.3 is 9.88 Å². The maximum Gasteiger partial charge on any atom is 0.274 e. The van der Waals surface area contributed by atoms with Crippen LogP contribution in [-0.4, -0.2) is 31.7 Å². The summed E-state index contributed by atoms with van der Waals surface area (Å²) in [5.41, 5.74) is 4.50.